The van der Waals surface area contributed by atoms with Crippen molar-refractivity contribution in [1.29, 1.82) is 0 Å². The molecular formula is C11H18F3N. The van der Waals surface area contributed by atoms with Gasteiger partial charge in [0.05, 0.1) is 6.54 Å². The van der Waals surface area contributed by atoms with E-state index in [1.165, 1.54) is 4.90 Å². The predicted octanol–water partition coefficient (Wildman–Crippen LogP) is 3.23. The molecule has 4 heteroatoms. The summed E-state index contributed by atoms with van der Waals surface area (Å²) >= 11 is 0. The largest absolute Gasteiger partial charge is 0.401 e. The topological polar surface area (TPSA) is 3.24 Å². The van der Waals surface area contributed by atoms with Crippen LogP contribution in [-0.4, -0.2) is 30.7 Å². The maximum absolute atomic E-state index is 12.2. The summed E-state index contributed by atoms with van der Waals surface area (Å²) < 4.78 is 36.5. The summed E-state index contributed by atoms with van der Waals surface area (Å²) in [6.45, 7) is 6.05. The lowest BCUT2D eigenvalue weighted by molar-refractivity contribution is -0.144. The highest BCUT2D eigenvalue weighted by atomic mass is 19.4. The average Bonchev–Trinajstić information content (AvgIpc) is 2.42. The molecule has 88 valence electrons. The minimum Gasteiger partial charge on any atom is -0.294 e. The highest BCUT2D eigenvalue weighted by Gasteiger charge is 2.38. The Bertz CT molecular complexity index is 224. The van der Waals surface area contributed by atoms with Gasteiger partial charge in [0.2, 0.25) is 0 Å². The molecule has 0 radical (unpaired) electrons. The first-order valence-corrected chi connectivity index (χ1v) is 5.25. The van der Waals surface area contributed by atoms with Crippen molar-refractivity contribution in [1.82, 2.24) is 4.90 Å². The van der Waals surface area contributed by atoms with E-state index in [2.05, 4.69) is 13.5 Å². The lowest BCUT2D eigenvalue weighted by atomic mass is 9.85. The molecule has 0 bridgehead atoms. The van der Waals surface area contributed by atoms with Crippen molar-refractivity contribution in [2.24, 2.45) is 5.41 Å². The van der Waals surface area contributed by atoms with Crippen molar-refractivity contribution in [3.8, 4) is 0 Å². The number of alkyl halides is 3. The molecule has 0 aromatic heterocycles. The Labute approximate surface area is 88.9 Å². The molecule has 0 N–H and O–H groups in total. The quantitative estimate of drug-likeness (QED) is 0.659. The standard InChI is InChI=1S/C11H18F3N/c1-3-4-5-10(2)6-7-15(8-10)9-11(12,13)14/h3H,1,4-9H2,2H3. The molecular weight excluding hydrogens is 203 g/mol. The fourth-order valence-corrected chi connectivity index (χ4v) is 2.17. The summed E-state index contributed by atoms with van der Waals surface area (Å²) in [5, 5.41) is 0. The highest BCUT2D eigenvalue weighted by molar-refractivity contribution is 4.88. The molecule has 0 saturated carbocycles. The third-order valence-corrected chi connectivity index (χ3v) is 2.99. The molecule has 1 fully saturated rings. The molecule has 1 rings (SSSR count). The Morgan fingerprint density at radius 1 is 1.47 bits per heavy atom. The normalized spacial score (nSPS) is 28.3. The van der Waals surface area contributed by atoms with E-state index in [1.807, 2.05) is 6.08 Å². The van der Waals surface area contributed by atoms with Crippen LogP contribution in [0.5, 0.6) is 0 Å². The molecule has 0 spiro atoms. The van der Waals surface area contributed by atoms with Gasteiger partial charge in [-0.2, -0.15) is 13.2 Å². The molecule has 1 heterocycles. The summed E-state index contributed by atoms with van der Waals surface area (Å²) in [6, 6.07) is 0. The van der Waals surface area contributed by atoms with Crippen molar-refractivity contribution in [2.75, 3.05) is 19.6 Å². The Morgan fingerprint density at radius 3 is 2.67 bits per heavy atom. The van der Waals surface area contributed by atoms with Crippen molar-refractivity contribution < 1.29 is 13.2 Å². The van der Waals surface area contributed by atoms with Gasteiger partial charge < -0.3 is 0 Å². The predicted molar refractivity (Wildman–Crippen MR) is 54.7 cm³/mol. The molecule has 1 unspecified atom stereocenters. The van der Waals surface area contributed by atoms with Crippen LogP contribution in [0.15, 0.2) is 12.7 Å². The summed E-state index contributed by atoms with van der Waals surface area (Å²) in [6.07, 6.45) is 0.444. The van der Waals surface area contributed by atoms with Gasteiger partial charge in [0, 0.05) is 6.54 Å². The second kappa shape index (κ2) is 4.56. The first-order valence-electron chi connectivity index (χ1n) is 5.25. The number of hydrogen-bond donors (Lipinski definition) is 0. The zero-order chi connectivity index (χ0) is 11.5. The van der Waals surface area contributed by atoms with Crippen LogP contribution in [-0.2, 0) is 0 Å². The van der Waals surface area contributed by atoms with E-state index in [4.69, 9.17) is 0 Å². The van der Waals surface area contributed by atoms with E-state index in [-0.39, 0.29) is 5.41 Å². The van der Waals surface area contributed by atoms with Crippen LogP contribution in [0, 0.1) is 5.41 Å². The van der Waals surface area contributed by atoms with Crippen LogP contribution in [0.3, 0.4) is 0 Å². The summed E-state index contributed by atoms with van der Waals surface area (Å²) in [7, 11) is 0. The van der Waals surface area contributed by atoms with E-state index < -0.39 is 12.7 Å². The van der Waals surface area contributed by atoms with Gasteiger partial charge in [0.15, 0.2) is 0 Å². The smallest absolute Gasteiger partial charge is 0.294 e. The van der Waals surface area contributed by atoms with E-state index in [1.54, 1.807) is 0 Å². The number of hydrogen-bond acceptors (Lipinski definition) is 1. The van der Waals surface area contributed by atoms with Crippen LogP contribution in [0.1, 0.15) is 26.2 Å². The zero-order valence-electron chi connectivity index (χ0n) is 9.11. The molecule has 0 aromatic carbocycles. The first-order chi connectivity index (χ1) is 6.85. The lowest BCUT2D eigenvalue weighted by Crippen LogP contribution is -2.34. The van der Waals surface area contributed by atoms with E-state index >= 15 is 0 Å². The zero-order valence-corrected chi connectivity index (χ0v) is 9.11. The van der Waals surface area contributed by atoms with Gasteiger partial charge in [-0.3, -0.25) is 4.90 Å². The maximum Gasteiger partial charge on any atom is 0.401 e. The minimum atomic E-state index is -4.07. The monoisotopic (exact) mass is 221 g/mol. The Hall–Kier alpha value is -0.510. The highest BCUT2D eigenvalue weighted by Crippen LogP contribution is 2.35. The van der Waals surface area contributed by atoms with E-state index in [0.29, 0.717) is 13.1 Å². The Balaban J connectivity index is 2.40. The van der Waals surface area contributed by atoms with Crippen LogP contribution in [0.4, 0.5) is 13.2 Å². The molecule has 1 nitrogen and oxygen atoms in total. The third kappa shape index (κ3) is 4.24. The minimum absolute atomic E-state index is 0.0411. The molecule has 1 saturated heterocycles. The number of likely N-dealkylation sites (tertiary alicyclic amines) is 1. The average molecular weight is 221 g/mol. The molecule has 0 aliphatic carbocycles. The van der Waals surface area contributed by atoms with Crippen LogP contribution >= 0.6 is 0 Å². The lowest BCUT2D eigenvalue weighted by Gasteiger charge is -2.24. The van der Waals surface area contributed by atoms with Crippen molar-refractivity contribution in [3.05, 3.63) is 12.7 Å². The molecule has 1 aliphatic heterocycles. The fourth-order valence-electron chi connectivity index (χ4n) is 2.17. The summed E-state index contributed by atoms with van der Waals surface area (Å²) in [5.74, 6) is 0. The van der Waals surface area contributed by atoms with Gasteiger partial charge in [-0.25, -0.2) is 0 Å². The second-order valence-electron chi connectivity index (χ2n) is 4.71. The fraction of sp³-hybridized carbons (Fsp3) is 0.818. The molecule has 1 atom stereocenters. The van der Waals surface area contributed by atoms with Crippen molar-refractivity contribution in [2.45, 2.75) is 32.4 Å². The van der Waals surface area contributed by atoms with Crippen LogP contribution < -0.4 is 0 Å². The third-order valence-electron chi connectivity index (χ3n) is 2.99. The van der Waals surface area contributed by atoms with Crippen LogP contribution in [0.25, 0.3) is 0 Å². The number of rotatable bonds is 4. The molecule has 0 aromatic rings. The summed E-state index contributed by atoms with van der Waals surface area (Å²) in [5.41, 5.74) is 0.0411. The molecule has 15 heavy (non-hydrogen) atoms. The van der Waals surface area contributed by atoms with Gasteiger partial charge >= 0.3 is 6.18 Å². The Morgan fingerprint density at radius 2 is 2.13 bits per heavy atom. The van der Waals surface area contributed by atoms with E-state index in [0.717, 1.165) is 19.3 Å². The van der Waals surface area contributed by atoms with Crippen LogP contribution in [0.2, 0.25) is 0 Å². The maximum atomic E-state index is 12.2. The molecule has 0 amide bonds. The molecule has 1 aliphatic rings. The van der Waals surface area contributed by atoms with Gasteiger partial charge in [-0.05, 0) is 31.2 Å². The van der Waals surface area contributed by atoms with Crippen molar-refractivity contribution >= 4 is 0 Å². The summed E-state index contributed by atoms with van der Waals surface area (Å²) in [4.78, 5) is 1.50. The first kappa shape index (κ1) is 12.6. The van der Waals surface area contributed by atoms with Gasteiger partial charge in [0.1, 0.15) is 0 Å². The number of allylic oxidation sites excluding steroid dienone is 1. The second-order valence-corrected chi connectivity index (χ2v) is 4.71. The number of nitrogens with zero attached hydrogens (tertiary/aromatic N) is 1. The Kier molecular flexibility index (Phi) is 3.82. The van der Waals surface area contributed by atoms with Crippen molar-refractivity contribution in [3.63, 3.8) is 0 Å². The van der Waals surface area contributed by atoms with Gasteiger partial charge in [0.25, 0.3) is 0 Å². The number of halogens is 3. The van der Waals surface area contributed by atoms with Gasteiger partial charge in [-0.1, -0.05) is 13.0 Å². The SMILES string of the molecule is C=CCCC1(C)CCN(CC(F)(F)F)C1. The van der Waals surface area contributed by atoms with E-state index in [9.17, 15) is 13.2 Å². The van der Waals surface area contributed by atoms with Gasteiger partial charge in [-0.15, -0.1) is 6.58 Å².